The highest BCUT2D eigenvalue weighted by molar-refractivity contribution is 5.97. The van der Waals surface area contributed by atoms with Gasteiger partial charge in [0.05, 0.1) is 0 Å². The van der Waals surface area contributed by atoms with Gasteiger partial charge >= 0.3 is 5.97 Å². The smallest absolute Gasteiger partial charge is 0.316 e. The average Bonchev–Trinajstić information content (AvgIpc) is 2.29. The largest absolute Gasteiger partial charge is 0.481 e. The highest BCUT2D eigenvalue weighted by atomic mass is 16.4. The standard InChI is InChI=1S/C15H21NO3/c1-9(2)13(15(18)19)14(17)16-8-12-7-10(3)5-6-11(12)4/h5-7,9,13H,8H2,1-4H3,(H,16,17)(H,18,19). The summed E-state index contributed by atoms with van der Waals surface area (Å²) in [5, 5.41) is 11.8. The van der Waals surface area contributed by atoms with Crippen LogP contribution in [0.1, 0.15) is 30.5 Å². The van der Waals surface area contributed by atoms with Gasteiger partial charge in [-0.05, 0) is 30.9 Å². The molecule has 0 bridgehead atoms. The second kappa shape index (κ2) is 6.36. The molecule has 0 aliphatic rings. The Morgan fingerprint density at radius 1 is 1.26 bits per heavy atom. The topological polar surface area (TPSA) is 66.4 Å². The molecule has 4 heteroatoms. The quantitative estimate of drug-likeness (QED) is 0.801. The van der Waals surface area contributed by atoms with E-state index in [1.165, 1.54) is 0 Å². The molecular weight excluding hydrogens is 242 g/mol. The monoisotopic (exact) mass is 263 g/mol. The van der Waals surface area contributed by atoms with E-state index in [-0.39, 0.29) is 5.92 Å². The van der Waals surface area contributed by atoms with Crippen LogP contribution in [0.5, 0.6) is 0 Å². The highest BCUT2D eigenvalue weighted by Crippen LogP contribution is 2.13. The van der Waals surface area contributed by atoms with Crippen molar-refractivity contribution in [2.45, 2.75) is 34.2 Å². The summed E-state index contributed by atoms with van der Waals surface area (Å²) >= 11 is 0. The lowest BCUT2D eigenvalue weighted by Gasteiger charge is -2.16. The molecule has 19 heavy (non-hydrogen) atoms. The molecule has 1 rings (SSSR count). The van der Waals surface area contributed by atoms with E-state index in [1.807, 2.05) is 32.0 Å². The maximum Gasteiger partial charge on any atom is 0.316 e. The molecule has 1 amide bonds. The lowest BCUT2D eigenvalue weighted by molar-refractivity contribution is -0.148. The van der Waals surface area contributed by atoms with Gasteiger partial charge in [-0.1, -0.05) is 37.6 Å². The number of carbonyl (C=O) groups excluding carboxylic acids is 1. The molecule has 1 aromatic rings. The highest BCUT2D eigenvalue weighted by Gasteiger charge is 2.29. The molecule has 0 fully saturated rings. The number of benzene rings is 1. The number of nitrogens with one attached hydrogen (secondary N) is 1. The summed E-state index contributed by atoms with van der Waals surface area (Å²) in [6.45, 7) is 7.78. The summed E-state index contributed by atoms with van der Waals surface area (Å²) in [6, 6.07) is 6.00. The molecule has 0 spiro atoms. The Balaban J connectivity index is 2.73. The molecule has 104 valence electrons. The zero-order chi connectivity index (χ0) is 14.6. The van der Waals surface area contributed by atoms with Crippen molar-refractivity contribution in [2.24, 2.45) is 11.8 Å². The van der Waals surface area contributed by atoms with Gasteiger partial charge in [-0.2, -0.15) is 0 Å². The number of carboxylic acid groups (broad SMARTS) is 1. The van der Waals surface area contributed by atoms with Crippen LogP contribution in [0.3, 0.4) is 0 Å². The average molecular weight is 263 g/mol. The number of aliphatic carboxylic acids is 1. The van der Waals surface area contributed by atoms with Crippen LogP contribution in [-0.2, 0) is 16.1 Å². The Kier molecular flexibility index (Phi) is 5.10. The number of amides is 1. The van der Waals surface area contributed by atoms with Crippen molar-refractivity contribution in [3.05, 3.63) is 34.9 Å². The van der Waals surface area contributed by atoms with Gasteiger partial charge in [-0.15, -0.1) is 0 Å². The van der Waals surface area contributed by atoms with Crippen LogP contribution in [0.15, 0.2) is 18.2 Å². The molecule has 0 aromatic heterocycles. The Bertz CT molecular complexity index is 480. The van der Waals surface area contributed by atoms with Gasteiger partial charge in [-0.25, -0.2) is 0 Å². The Labute approximate surface area is 113 Å². The van der Waals surface area contributed by atoms with Crippen LogP contribution in [0.4, 0.5) is 0 Å². The molecule has 1 unspecified atom stereocenters. The van der Waals surface area contributed by atoms with Crippen molar-refractivity contribution >= 4 is 11.9 Å². The molecule has 1 atom stereocenters. The fourth-order valence-electron chi connectivity index (χ4n) is 1.98. The first-order chi connectivity index (χ1) is 8.82. The van der Waals surface area contributed by atoms with Crippen LogP contribution in [0.25, 0.3) is 0 Å². The Hall–Kier alpha value is -1.84. The van der Waals surface area contributed by atoms with Crippen LogP contribution in [0.2, 0.25) is 0 Å². The second-order valence-electron chi connectivity index (χ2n) is 5.21. The van der Waals surface area contributed by atoms with Gasteiger partial charge in [0.2, 0.25) is 5.91 Å². The fourth-order valence-corrected chi connectivity index (χ4v) is 1.98. The zero-order valence-electron chi connectivity index (χ0n) is 11.9. The molecule has 0 aliphatic carbocycles. The van der Waals surface area contributed by atoms with E-state index in [0.717, 1.165) is 16.7 Å². The van der Waals surface area contributed by atoms with Crippen LogP contribution in [0, 0.1) is 25.7 Å². The maximum absolute atomic E-state index is 11.9. The molecule has 0 aliphatic heterocycles. The van der Waals surface area contributed by atoms with Gasteiger partial charge in [0.15, 0.2) is 0 Å². The number of hydrogen-bond donors (Lipinski definition) is 2. The summed E-state index contributed by atoms with van der Waals surface area (Å²) in [7, 11) is 0. The number of hydrogen-bond acceptors (Lipinski definition) is 2. The van der Waals surface area contributed by atoms with Gasteiger partial charge in [-0.3, -0.25) is 9.59 Å². The first kappa shape index (κ1) is 15.2. The van der Waals surface area contributed by atoms with Gasteiger partial charge in [0.1, 0.15) is 5.92 Å². The van der Waals surface area contributed by atoms with Crippen molar-refractivity contribution in [3.8, 4) is 0 Å². The van der Waals surface area contributed by atoms with E-state index >= 15 is 0 Å². The lowest BCUT2D eigenvalue weighted by Crippen LogP contribution is -2.38. The van der Waals surface area contributed by atoms with E-state index in [2.05, 4.69) is 5.32 Å². The lowest BCUT2D eigenvalue weighted by atomic mass is 9.95. The van der Waals surface area contributed by atoms with Crippen LogP contribution >= 0.6 is 0 Å². The molecule has 0 heterocycles. The Morgan fingerprint density at radius 2 is 1.89 bits per heavy atom. The van der Waals surface area contributed by atoms with Crippen molar-refractivity contribution in [1.82, 2.24) is 5.32 Å². The predicted molar refractivity (Wildman–Crippen MR) is 73.7 cm³/mol. The minimum Gasteiger partial charge on any atom is -0.481 e. The molecule has 1 aromatic carbocycles. The van der Waals surface area contributed by atoms with Crippen molar-refractivity contribution in [1.29, 1.82) is 0 Å². The van der Waals surface area contributed by atoms with Gasteiger partial charge < -0.3 is 10.4 Å². The maximum atomic E-state index is 11.9. The van der Waals surface area contributed by atoms with E-state index in [0.29, 0.717) is 6.54 Å². The third kappa shape index (κ3) is 4.09. The van der Waals surface area contributed by atoms with Crippen LogP contribution < -0.4 is 5.32 Å². The van der Waals surface area contributed by atoms with Crippen molar-refractivity contribution in [3.63, 3.8) is 0 Å². The van der Waals surface area contributed by atoms with E-state index < -0.39 is 17.8 Å². The summed E-state index contributed by atoms with van der Waals surface area (Å²) in [5.74, 6) is -2.72. The normalized spacial score (nSPS) is 12.3. The molecule has 0 saturated carbocycles. The summed E-state index contributed by atoms with van der Waals surface area (Å²) < 4.78 is 0. The fraction of sp³-hybridized carbons (Fsp3) is 0.467. The number of aryl methyl sites for hydroxylation is 2. The molecule has 0 saturated heterocycles. The minimum atomic E-state index is -1.08. The van der Waals surface area contributed by atoms with E-state index in [4.69, 9.17) is 5.11 Å². The number of carboxylic acids is 1. The van der Waals surface area contributed by atoms with E-state index in [9.17, 15) is 9.59 Å². The molecule has 0 radical (unpaired) electrons. The van der Waals surface area contributed by atoms with Gasteiger partial charge in [0.25, 0.3) is 0 Å². The number of rotatable bonds is 5. The van der Waals surface area contributed by atoms with Crippen LogP contribution in [-0.4, -0.2) is 17.0 Å². The third-order valence-electron chi connectivity index (χ3n) is 3.17. The predicted octanol–water partition coefficient (Wildman–Crippen LogP) is 2.28. The van der Waals surface area contributed by atoms with Crippen molar-refractivity contribution < 1.29 is 14.7 Å². The Morgan fingerprint density at radius 3 is 2.42 bits per heavy atom. The first-order valence-corrected chi connectivity index (χ1v) is 6.39. The summed E-state index contributed by atoms with van der Waals surface area (Å²) in [5.41, 5.74) is 3.22. The van der Waals surface area contributed by atoms with Gasteiger partial charge in [0, 0.05) is 6.54 Å². The molecule has 4 nitrogen and oxygen atoms in total. The summed E-state index contributed by atoms with van der Waals surface area (Å²) in [6.07, 6.45) is 0. The SMILES string of the molecule is Cc1ccc(C)c(CNC(=O)C(C(=O)O)C(C)C)c1. The second-order valence-corrected chi connectivity index (χ2v) is 5.21. The zero-order valence-corrected chi connectivity index (χ0v) is 11.9. The van der Waals surface area contributed by atoms with Crippen molar-refractivity contribution in [2.75, 3.05) is 0 Å². The number of carbonyl (C=O) groups is 2. The third-order valence-corrected chi connectivity index (χ3v) is 3.17. The minimum absolute atomic E-state index is 0.226. The first-order valence-electron chi connectivity index (χ1n) is 6.39. The molecule has 2 N–H and O–H groups in total. The molecular formula is C15H21NO3. The van der Waals surface area contributed by atoms with E-state index in [1.54, 1.807) is 13.8 Å². The summed E-state index contributed by atoms with van der Waals surface area (Å²) in [4.78, 5) is 23.0.